The van der Waals surface area contributed by atoms with Crippen molar-refractivity contribution in [1.29, 1.82) is 0 Å². The summed E-state index contributed by atoms with van der Waals surface area (Å²) in [5, 5.41) is 13.7. The van der Waals surface area contributed by atoms with Crippen LogP contribution in [0, 0.1) is 0 Å². The number of phosphoric ester groups is 1. The fourth-order valence-electron chi connectivity index (χ4n) is 6.67. The van der Waals surface area contributed by atoms with Gasteiger partial charge in [-0.05, 0) is 12.8 Å². The molecular weight excluding hydrogens is 647 g/mol. The summed E-state index contributed by atoms with van der Waals surface area (Å²) in [7, 11) is -4.30. The number of unbranched alkanes of at least 4 members (excludes halogenated alkanes) is 29. The van der Waals surface area contributed by atoms with Gasteiger partial charge in [-0.2, -0.15) is 0 Å². The lowest BCUT2D eigenvalue weighted by atomic mass is 10.0. The first-order valence-corrected chi connectivity index (χ1v) is 23.1. The minimum atomic E-state index is -4.30. The largest absolute Gasteiger partial charge is 0.472 e. The van der Waals surface area contributed by atoms with Crippen molar-refractivity contribution >= 4 is 13.7 Å². The van der Waals surface area contributed by atoms with Crippen LogP contribution in [0.4, 0.5) is 0 Å². The van der Waals surface area contributed by atoms with Crippen LogP contribution in [0.25, 0.3) is 0 Å². The maximum atomic E-state index is 12.7. The van der Waals surface area contributed by atoms with E-state index in [9.17, 15) is 19.4 Å². The van der Waals surface area contributed by atoms with Gasteiger partial charge in [0, 0.05) is 13.0 Å². The highest BCUT2D eigenvalue weighted by Crippen LogP contribution is 2.43. The average Bonchev–Trinajstić information content (AvgIpc) is 3.10. The zero-order valence-corrected chi connectivity index (χ0v) is 34.1. The molecule has 9 heteroatoms. The number of rotatable bonds is 41. The third kappa shape index (κ3) is 35.9. The Labute approximate surface area is 310 Å². The van der Waals surface area contributed by atoms with Crippen molar-refractivity contribution < 1.29 is 28.4 Å². The maximum Gasteiger partial charge on any atom is 0.472 e. The highest BCUT2D eigenvalue weighted by molar-refractivity contribution is 7.47. The third-order valence-electron chi connectivity index (χ3n) is 9.96. The van der Waals surface area contributed by atoms with E-state index in [1.165, 1.54) is 161 Å². The zero-order chi connectivity index (χ0) is 36.8. The Morgan fingerprint density at radius 3 is 1.28 bits per heavy atom. The fourth-order valence-corrected chi connectivity index (χ4v) is 7.43. The van der Waals surface area contributed by atoms with E-state index < -0.39 is 20.0 Å². The van der Waals surface area contributed by atoms with Gasteiger partial charge in [-0.1, -0.05) is 206 Å². The molecule has 5 N–H and O–H groups in total. The molecule has 0 aromatic rings. The maximum absolute atomic E-state index is 12.7. The van der Waals surface area contributed by atoms with E-state index >= 15 is 0 Å². The van der Waals surface area contributed by atoms with Gasteiger partial charge in [0.1, 0.15) is 0 Å². The molecule has 0 aromatic heterocycles. The molecule has 0 spiro atoms. The number of nitrogens with two attached hydrogens (primary N) is 1. The van der Waals surface area contributed by atoms with Crippen LogP contribution < -0.4 is 11.1 Å². The second-order valence-corrected chi connectivity index (χ2v) is 16.4. The SMILES string of the molecule is CCCCCCCCCCCCCCCCCCCCCCCCCC(=O)NC(COP(=O)(O)OCCN)C(O)CCCCCCCCCC. The molecule has 0 aliphatic rings. The van der Waals surface area contributed by atoms with Crippen molar-refractivity contribution in [2.45, 2.75) is 238 Å². The molecule has 0 radical (unpaired) electrons. The van der Waals surface area contributed by atoms with E-state index in [0.29, 0.717) is 12.8 Å². The number of aliphatic hydroxyl groups is 1. The van der Waals surface area contributed by atoms with Crippen molar-refractivity contribution in [3.63, 3.8) is 0 Å². The summed E-state index contributed by atoms with van der Waals surface area (Å²) in [6.45, 7) is 4.19. The molecule has 0 aliphatic heterocycles. The van der Waals surface area contributed by atoms with E-state index in [-0.39, 0.29) is 25.7 Å². The van der Waals surface area contributed by atoms with Crippen LogP contribution in [-0.4, -0.2) is 47.8 Å². The molecule has 0 rings (SSSR count). The molecular formula is C41H85N2O6P. The van der Waals surface area contributed by atoms with E-state index in [0.717, 1.165) is 38.5 Å². The van der Waals surface area contributed by atoms with E-state index in [1.807, 2.05) is 0 Å². The van der Waals surface area contributed by atoms with Crippen molar-refractivity contribution in [2.24, 2.45) is 5.73 Å². The lowest BCUT2D eigenvalue weighted by Gasteiger charge is -2.25. The van der Waals surface area contributed by atoms with Crippen molar-refractivity contribution in [2.75, 3.05) is 19.8 Å². The van der Waals surface area contributed by atoms with Crippen molar-refractivity contribution in [3.8, 4) is 0 Å². The van der Waals surface area contributed by atoms with Crippen LogP contribution in [-0.2, 0) is 18.4 Å². The minimum absolute atomic E-state index is 0.0920. The topological polar surface area (TPSA) is 131 Å². The molecule has 8 nitrogen and oxygen atoms in total. The Kier molecular flexibility index (Phi) is 37.8. The van der Waals surface area contributed by atoms with Gasteiger partial charge in [-0.15, -0.1) is 0 Å². The van der Waals surface area contributed by atoms with Crippen LogP contribution in [0.3, 0.4) is 0 Å². The Bertz CT molecular complexity index is 759. The minimum Gasteiger partial charge on any atom is -0.391 e. The standard InChI is InChI=1S/C41H85N2O6P/c1-3-5-7-9-11-13-14-15-16-17-18-19-20-21-22-23-24-25-26-27-29-31-33-35-41(45)43-39(38-49-50(46,47)48-37-36-42)40(44)34-32-30-28-12-10-8-6-4-2/h39-40,44H,3-38,42H2,1-2H3,(H,43,45)(H,46,47). The summed E-state index contributed by atoms with van der Waals surface area (Å²) >= 11 is 0. The lowest BCUT2D eigenvalue weighted by Crippen LogP contribution is -2.46. The summed E-state index contributed by atoms with van der Waals surface area (Å²) in [4.78, 5) is 22.6. The second-order valence-electron chi connectivity index (χ2n) is 14.9. The highest BCUT2D eigenvalue weighted by atomic mass is 31.2. The molecule has 0 saturated carbocycles. The molecule has 0 heterocycles. The second kappa shape index (κ2) is 38.2. The van der Waals surface area contributed by atoms with E-state index in [1.54, 1.807) is 0 Å². The predicted octanol–water partition coefficient (Wildman–Crippen LogP) is 11.8. The number of amides is 1. The first-order valence-electron chi connectivity index (χ1n) is 21.7. The summed E-state index contributed by atoms with van der Waals surface area (Å²) in [5.74, 6) is -0.160. The summed E-state index contributed by atoms with van der Waals surface area (Å²) in [6, 6.07) is -0.765. The Balaban J connectivity index is 3.91. The van der Waals surface area contributed by atoms with Gasteiger partial charge in [0.05, 0.1) is 25.4 Å². The first-order chi connectivity index (χ1) is 24.4. The quantitative estimate of drug-likeness (QED) is 0.0363. The number of hydrogen-bond acceptors (Lipinski definition) is 6. The molecule has 0 fully saturated rings. The Hall–Kier alpha value is -0.500. The summed E-state index contributed by atoms with van der Waals surface area (Å²) in [6.07, 6.45) is 39.9. The van der Waals surface area contributed by atoms with Gasteiger partial charge >= 0.3 is 7.82 Å². The third-order valence-corrected chi connectivity index (χ3v) is 10.9. The van der Waals surface area contributed by atoms with Crippen LogP contribution >= 0.6 is 7.82 Å². The van der Waals surface area contributed by atoms with Gasteiger partial charge in [0.15, 0.2) is 0 Å². The van der Waals surface area contributed by atoms with Crippen molar-refractivity contribution in [3.05, 3.63) is 0 Å². The lowest BCUT2D eigenvalue weighted by molar-refractivity contribution is -0.123. The molecule has 50 heavy (non-hydrogen) atoms. The smallest absolute Gasteiger partial charge is 0.391 e. The van der Waals surface area contributed by atoms with Crippen LogP contribution in [0.15, 0.2) is 0 Å². The van der Waals surface area contributed by atoms with Crippen LogP contribution in [0.2, 0.25) is 0 Å². The molecule has 0 saturated heterocycles. The molecule has 3 atom stereocenters. The zero-order valence-electron chi connectivity index (χ0n) is 33.2. The fraction of sp³-hybridized carbons (Fsp3) is 0.976. The molecule has 0 aromatic carbocycles. The van der Waals surface area contributed by atoms with E-state index in [2.05, 4.69) is 19.2 Å². The molecule has 3 unspecified atom stereocenters. The Morgan fingerprint density at radius 1 is 0.580 bits per heavy atom. The van der Waals surface area contributed by atoms with Gasteiger partial charge in [-0.3, -0.25) is 13.8 Å². The monoisotopic (exact) mass is 733 g/mol. The first kappa shape index (κ1) is 49.5. The number of carbonyl (C=O) groups is 1. The molecule has 300 valence electrons. The highest BCUT2D eigenvalue weighted by Gasteiger charge is 2.27. The summed E-state index contributed by atoms with van der Waals surface area (Å²) in [5.41, 5.74) is 5.36. The van der Waals surface area contributed by atoms with Gasteiger partial charge in [-0.25, -0.2) is 4.57 Å². The average molecular weight is 733 g/mol. The number of aliphatic hydroxyl groups excluding tert-OH is 1. The van der Waals surface area contributed by atoms with Gasteiger partial charge in [0.25, 0.3) is 0 Å². The number of carbonyl (C=O) groups excluding carboxylic acids is 1. The number of nitrogens with one attached hydrogen (secondary N) is 1. The van der Waals surface area contributed by atoms with Gasteiger partial charge < -0.3 is 21.1 Å². The predicted molar refractivity (Wildman–Crippen MR) is 212 cm³/mol. The molecule has 1 amide bonds. The van der Waals surface area contributed by atoms with Crippen LogP contribution in [0.1, 0.15) is 226 Å². The van der Waals surface area contributed by atoms with Gasteiger partial charge in [0.2, 0.25) is 5.91 Å². The number of hydrogen-bond donors (Lipinski definition) is 4. The number of phosphoric acid groups is 1. The summed E-state index contributed by atoms with van der Waals surface area (Å²) < 4.78 is 22.1. The van der Waals surface area contributed by atoms with Crippen LogP contribution in [0.5, 0.6) is 0 Å². The van der Waals surface area contributed by atoms with Crippen molar-refractivity contribution in [1.82, 2.24) is 5.32 Å². The Morgan fingerprint density at radius 2 is 0.920 bits per heavy atom. The molecule has 0 bridgehead atoms. The van der Waals surface area contributed by atoms with E-state index in [4.69, 9.17) is 14.8 Å². The molecule has 0 aliphatic carbocycles. The normalized spacial score (nSPS) is 14.1.